The van der Waals surface area contributed by atoms with Crippen molar-refractivity contribution < 1.29 is 19.1 Å². The fraction of sp³-hybridized carbons (Fsp3) is 0.227. The molecule has 3 aromatic heterocycles. The molecule has 0 aliphatic carbocycles. The first-order chi connectivity index (χ1) is 16.5. The summed E-state index contributed by atoms with van der Waals surface area (Å²) < 4.78 is 13.7. The largest absolute Gasteiger partial charge is 0.496 e. The first-order valence-electron chi connectivity index (χ1n) is 10.5. The molecule has 11 nitrogen and oxygen atoms in total. The minimum Gasteiger partial charge on any atom is -0.496 e. The average Bonchev–Trinajstić information content (AvgIpc) is 3.56. The standard InChI is InChI=1S/C22H20ClN7O4/c1-33-18-4-3-14(23)11-15(18)19-17(13-29(27-19)8-7-28-9-10-34-22(28)32)26-21(31)16-12-25-30-6-2-5-24-20(16)30/h2-6,11-13H,7-10H2,1H3,(H,26,31). The highest BCUT2D eigenvalue weighted by atomic mass is 35.5. The molecule has 1 fully saturated rings. The van der Waals surface area contributed by atoms with Crippen molar-refractivity contribution in [2.24, 2.45) is 0 Å². The number of ether oxygens (including phenoxy) is 2. The van der Waals surface area contributed by atoms with E-state index < -0.39 is 5.91 Å². The molecule has 0 spiro atoms. The van der Waals surface area contributed by atoms with Crippen LogP contribution in [0.4, 0.5) is 10.5 Å². The van der Waals surface area contributed by atoms with Gasteiger partial charge in [-0.1, -0.05) is 11.6 Å². The van der Waals surface area contributed by atoms with Crippen molar-refractivity contribution in [3.8, 4) is 17.0 Å². The summed E-state index contributed by atoms with van der Waals surface area (Å²) in [6.07, 6.45) is 6.12. The summed E-state index contributed by atoms with van der Waals surface area (Å²) in [5.74, 6) is 0.157. The molecule has 1 aliphatic heterocycles. The van der Waals surface area contributed by atoms with Gasteiger partial charge in [0, 0.05) is 35.7 Å². The molecule has 12 heteroatoms. The van der Waals surface area contributed by atoms with Gasteiger partial charge in [-0.05, 0) is 24.3 Å². The van der Waals surface area contributed by atoms with Gasteiger partial charge in [0.2, 0.25) is 0 Å². The van der Waals surface area contributed by atoms with Crippen LogP contribution < -0.4 is 10.1 Å². The van der Waals surface area contributed by atoms with Gasteiger partial charge in [-0.25, -0.2) is 14.3 Å². The number of hydrogen-bond donors (Lipinski definition) is 1. The molecule has 174 valence electrons. The second kappa shape index (κ2) is 9.02. The number of hydrogen-bond acceptors (Lipinski definition) is 7. The van der Waals surface area contributed by atoms with Gasteiger partial charge in [0.15, 0.2) is 5.65 Å². The van der Waals surface area contributed by atoms with Crippen LogP contribution in [0.5, 0.6) is 5.75 Å². The average molecular weight is 482 g/mol. The molecule has 0 bridgehead atoms. The number of methoxy groups -OCH3 is 1. The highest BCUT2D eigenvalue weighted by molar-refractivity contribution is 6.31. The smallest absolute Gasteiger partial charge is 0.410 e. The molecule has 2 amide bonds. The third kappa shape index (κ3) is 4.13. The van der Waals surface area contributed by atoms with E-state index in [4.69, 9.17) is 21.1 Å². The molecule has 0 unspecified atom stereocenters. The molecule has 1 aromatic carbocycles. The summed E-state index contributed by atoms with van der Waals surface area (Å²) in [5.41, 5.74) is 2.28. The van der Waals surface area contributed by atoms with Crippen LogP contribution in [0, 0.1) is 0 Å². The van der Waals surface area contributed by atoms with Crippen molar-refractivity contribution >= 4 is 34.9 Å². The van der Waals surface area contributed by atoms with Crippen LogP contribution in [-0.4, -0.2) is 68.1 Å². The lowest BCUT2D eigenvalue weighted by Gasteiger charge is -2.11. The Bertz CT molecular complexity index is 1380. The molecule has 0 radical (unpaired) electrons. The monoisotopic (exact) mass is 481 g/mol. The number of halogens is 1. The Kier molecular flexibility index (Phi) is 5.76. The zero-order valence-corrected chi connectivity index (χ0v) is 18.9. The van der Waals surface area contributed by atoms with E-state index in [1.807, 2.05) is 0 Å². The van der Waals surface area contributed by atoms with Crippen molar-refractivity contribution in [3.63, 3.8) is 0 Å². The molecule has 1 N–H and O–H groups in total. The van der Waals surface area contributed by atoms with Crippen molar-refractivity contribution in [1.82, 2.24) is 29.3 Å². The number of carbonyl (C=O) groups is 2. The number of nitrogens with zero attached hydrogens (tertiary/aromatic N) is 6. The van der Waals surface area contributed by atoms with Gasteiger partial charge in [-0.15, -0.1) is 0 Å². The lowest BCUT2D eigenvalue weighted by atomic mass is 10.1. The number of carbonyl (C=O) groups excluding carboxylic acids is 2. The van der Waals surface area contributed by atoms with Gasteiger partial charge in [-0.2, -0.15) is 10.2 Å². The number of nitrogens with one attached hydrogen (secondary N) is 1. The van der Waals surface area contributed by atoms with E-state index in [9.17, 15) is 9.59 Å². The Hall–Kier alpha value is -4.12. The fourth-order valence-electron chi connectivity index (χ4n) is 3.72. The van der Waals surface area contributed by atoms with Crippen LogP contribution in [0.25, 0.3) is 16.9 Å². The van der Waals surface area contributed by atoms with E-state index in [1.165, 1.54) is 10.7 Å². The summed E-state index contributed by atoms with van der Waals surface area (Å²) >= 11 is 6.24. The zero-order valence-electron chi connectivity index (χ0n) is 18.1. The van der Waals surface area contributed by atoms with Gasteiger partial charge in [0.05, 0.1) is 32.1 Å². The molecule has 34 heavy (non-hydrogen) atoms. The van der Waals surface area contributed by atoms with Crippen LogP contribution in [0.1, 0.15) is 10.4 Å². The Morgan fingerprint density at radius 1 is 1.32 bits per heavy atom. The zero-order chi connectivity index (χ0) is 23.7. The van der Waals surface area contributed by atoms with Gasteiger partial charge in [-0.3, -0.25) is 9.48 Å². The van der Waals surface area contributed by atoms with Crippen molar-refractivity contribution in [2.75, 3.05) is 32.1 Å². The van der Waals surface area contributed by atoms with Crippen LogP contribution >= 0.6 is 11.6 Å². The van der Waals surface area contributed by atoms with Gasteiger partial charge < -0.3 is 19.7 Å². The number of aromatic nitrogens is 5. The van der Waals surface area contributed by atoms with Crippen LogP contribution in [0.15, 0.2) is 49.1 Å². The maximum Gasteiger partial charge on any atom is 0.410 e. The summed E-state index contributed by atoms with van der Waals surface area (Å²) in [6.45, 7) is 1.72. The Labute approximate surface area is 198 Å². The molecule has 4 heterocycles. The number of cyclic esters (lactones) is 1. The summed E-state index contributed by atoms with van der Waals surface area (Å²) in [5, 5.41) is 12.2. The SMILES string of the molecule is COc1ccc(Cl)cc1-c1nn(CCN2CCOC2=O)cc1NC(=O)c1cnn2cccnc12. The van der Waals surface area contributed by atoms with E-state index in [1.54, 1.807) is 59.5 Å². The van der Waals surface area contributed by atoms with Gasteiger partial charge in [0.1, 0.15) is 23.6 Å². The third-order valence-electron chi connectivity index (χ3n) is 5.39. The molecule has 4 aromatic rings. The first-order valence-corrected chi connectivity index (χ1v) is 10.8. The number of anilines is 1. The highest BCUT2D eigenvalue weighted by Gasteiger charge is 2.23. The topological polar surface area (TPSA) is 116 Å². The van der Waals surface area contributed by atoms with E-state index in [-0.39, 0.29) is 6.09 Å². The van der Waals surface area contributed by atoms with Gasteiger partial charge in [0.25, 0.3) is 5.91 Å². The van der Waals surface area contributed by atoms with Crippen LogP contribution in [0.2, 0.25) is 5.02 Å². The maximum absolute atomic E-state index is 13.1. The van der Waals surface area contributed by atoms with Crippen molar-refractivity contribution in [2.45, 2.75) is 6.54 Å². The molecular weight excluding hydrogens is 462 g/mol. The Morgan fingerprint density at radius 2 is 2.21 bits per heavy atom. The second-order valence-electron chi connectivity index (χ2n) is 7.50. The quantitative estimate of drug-likeness (QED) is 0.431. The van der Waals surface area contributed by atoms with Crippen molar-refractivity contribution in [1.29, 1.82) is 0 Å². The number of rotatable bonds is 7. The molecular formula is C22H20ClN7O4. The maximum atomic E-state index is 13.1. The normalized spacial score (nSPS) is 13.4. The van der Waals surface area contributed by atoms with E-state index in [0.717, 1.165) is 0 Å². The molecule has 0 atom stereocenters. The fourth-order valence-corrected chi connectivity index (χ4v) is 3.89. The molecule has 1 saturated heterocycles. The van der Waals surface area contributed by atoms with Gasteiger partial charge >= 0.3 is 6.09 Å². The van der Waals surface area contributed by atoms with Crippen LogP contribution in [-0.2, 0) is 11.3 Å². The lowest BCUT2D eigenvalue weighted by molar-refractivity contribution is 0.102. The second-order valence-corrected chi connectivity index (χ2v) is 7.94. The highest BCUT2D eigenvalue weighted by Crippen LogP contribution is 2.36. The van der Waals surface area contributed by atoms with E-state index >= 15 is 0 Å². The molecule has 1 aliphatic rings. The number of benzene rings is 1. The minimum absolute atomic E-state index is 0.317. The number of amides is 2. The summed E-state index contributed by atoms with van der Waals surface area (Å²) in [4.78, 5) is 30.8. The van der Waals surface area contributed by atoms with Crippen LogP contribution in [0.3, 0.4) is 0 Å². The molecule has 0 saturated carbocycles. The minimum atomic E-state index is -0.390. The van der Waals surface area contributed by atoms with E-state index in [2.05, 4.69) is 20.5 Å². The van der Waals surface area contributed by atoms with E-state index in [0.29, 0.717) is 65.2 Å². The van der Waals surface area contributed by atoms with Crippen molar-refractivity contribution in [3.05, 3.63) is 59.6 Å². The predicted molar refractivity (Wildman–Crippen MR) is 123 cm³/mol. The summed E-state index contributed by atoms with van der Waals surface area (Å²) in [7, 11) is 1.55. The Balaban J connectivity index is 1.49. The summed E-state index contributed by atoms with van der Waals surface area (Å²) in [6, 6.07) is 6.89. The predicted octanol–water partition coefficient (Wildman–Crippen LogP) is 2.96. The number of fused-ring (bicyclic) bond motifs is 1. The first kappa shape index (κ1) is 21.7. The Morgan fingerprint density at radius 3 is 3.00 bits per heavy atom. The molecule has 5 rings (SSSR count). The lowest BCUT2D eigenvalue weighted by Crippen LogP contribution is -2.28. The third-order valence-corrected chi connectivity index (χ3v) is 5.63.